The summed E-state index contributed by atoms with van der Waals surface area (Å²) < 4.78 is 9.38. The van der Waals surface area contributed by atoms with Gasteiger partial charge in [0.05, 0.1) is 0 Å². The monoisotopic (exact) mass is 702 g/mol. The van der Waals surface area contributed by atoms with E-state index in [1.165, 1.54) is 102 Å². The topological polar surface area (TPSA) is 13.1 Å². The van der Waals surface area contributed by atoms with E-state index < -0.39 is 0 Å². The molecule has 0 amide bonds. The van der Waals surface area contributed by atoms with Crippen molar-refractivity contribution in [2.45, 2.75) is 0 Å². The van der Waals surface area contributed by atoms with Crippen LogP contribution >= 0.6 is 11.3 Å². The molecule has 10 aromatic carbocycles. The van der Waals surface area contributed by atoms with E-state index in [0.717, 1.165) is 16.6 Å². The second kappa shape index (κ2) is 11.4. The average Bonchev–Trinajstić information content (AvgIpc) is 3.81. The third-order valence-electron chi connectivity index (χ3n) is 11.5. The van der Waals surface area contributed by atoms with Crippen LogP contribution in [0.5, 0.6) is 0 Å². The summed E-state index contributed by atoms with van der Waals surface area (Å²) >= 11 is 1.85. The van der Waals surface area contributed by atoms with E-state index in [1.54, 1.807) is 0 Å². The van der Waals surface area contributed by atoms with E-state index in [2.05, 4.69) is 182 Å². The lowest BCUT2D eigenvalue weighted by atomic mass is 9.84. The van der Waals surface area contributed by atoms with E-state index in [4.69, 9.17) is 4.42 Å². The maximum absolute atomic E-state index is 6.78. The Hall–Kier alpha value is -6.74. The molecule has 0 saturated heterocycles. The van der Waals surface area contributed by atoms with Crippen molar-refractivity contribution in [2.75, 3.05) is 0 Å². The first-order valence-electron chi connectivity index (χ1n) is 18.5. The van der Waals surface area contributed by atoms with E-state index in [1.807, 2.05) is 11.3 Å². The summed E-state index contributed by atoms with van der Waals surface area (Å²) in [5, 5.41) is 14.8. The lowest BCUT2D eigenvalue weighted by Crippen LogP contribution is -1.92. The fourth-order valence-electron chi connectivity index (χ4n) is 9.13. The van der Waals surface area contributed by atoms with Crippen LogP contribution in [-0.4, -0.2) is 0 Å². The molecule has 0 unspecified atom stereocenters. The van der Waals surface area contributed by atoms with Gasteiger partial charge in [-0.25, -0.2) is 0 Å². The molecule has 250 valence electrons. The Morgan fingerprint density at radius 2 is 0.926 bits per heavy atom. The van der Waals surface area contributed by atoms with Crippen molar-refractivity contribution in [3.05, 3.63) is 182 Å². The zero-order chi connectivity index (χ0) is 35.3. The highest BCUT2D eigenvalue weighted by Gasteiger charge is 2.20. The summed E-state index contributed by atoms with van der Waals surface area (Å²) in [6.07, 6.45) is 0. The van der Waals surface area contributed by atoms with E-state index in [0.29, 0.717) is 0 Å². The minimum atomic E-state index is 0.937. The van der Waals surface area contributed by atoms with E-state index in [9.17, 15) is 0 Å². The Labute approximate surface area is 314 Å². The molecule has 12 aromatic rings. The number of thiophene rings is 1. The van der Waals surface area contributed by atoms with Crippen molar-refractivity contribution >= 4 is 96.5 Å². The van der Waals surface area contributed by atoms with Crippen LogP contribution in [0.1, 0.15) is 0 Å². The highest BCUT2D eigenvalue weighted by atomic mass is 32.1. The smallest absolute Gasteiger partial charge is 0.143 e. The third kappa shape index (κ3) is 4.20. The van der Waals surface area contributed by atoms with Gasteiger partial charge in [0.1, 0.15) is 11.2 Å². The van der Waals surface area contributed by atoms with Crippen LogP contribution < -0.4 is 0 Å². The standard InChI is InChI=1S/C52H30OS/c1-2-12-32(13-3-1)48-37-16-6-8-18-39(37)49(40-19-9-7-17-38(40)48)41-27-26-34(35-14-4-5-15-36(35)41)33-23-22-31-24-25-43-50-45(53-52(43)44(31)30-33)28-29-47-51(50)42-20-10-11-21-46(42)54-47/h1-30H. The molecule has 0 atom stereocenters. The summed E-state index contributed by atoms with van der Waals surface area (Å²) in [5.41, 5.74) is 9.32. The van der Waals surface area contributed by atoms with Crippen molar-refractivity contribution in [3.8, 4) is 33.4 Å². The molecular formula is C52H30OS. The van der Waals surface area contributed by atoms with Crippen LogP contribution in [0.2, 0.25) is 0 Å². The van der Waals surface area contributed by atoms with Gasteiger partial charge in [-0.2, -0.15) is 0 Å². The van der Waals surface area contributed by atoms with Crippen molar-refractivity contribution in [3.63, 3.8) is 0 Å². The molecule has 0 aliphatic rings. The van der Waals surface area contributed by atoms with Crippen LogP contribution in [0.25, 0.3) is 119 Å². The second-order valence-electron chi connectivity index (χ2n) is 14.3. The quantitative estimate of drug-likeness (QED) is 0.167. The molecule has 0 fully saturated rings. The SMILES string of the molecule is c1ccc(-c2c3ccccc3c(-c3ccc(-c4ccc5ccc6c(oc7ccc8sc9ccccc9c8c76)c5c4)c4ccccc34)c3ccccc23)cc1. The fraction of sp³-hybridized carbons (Fsp3) is 0. The maximum atomic E-state index is 6.78. The Bertz CT molecular complexity index is 3440. The number of benzene rings is 10. The lowest BCUT2D eigenvalue weighted by molar-refractivity contribution is 0.673. The summed E-state index contributed by atoms with van der Waals surface area (Å²) in [6, 6.07) is 66.6. The Morgan fingerprint density at radius 3 is 1.67 bits per heavy atom. The zero-order valence-corrected chi connectivity index (χ0v) is 30.0. The predicted molar refractivity (Wildman–Crippen MR) is 233 cm³/mol. The molecule has 2 aromatic heterocycles. The first-order valence-corrected chi connectivity index (χ1v) is 19.3. The zero-order valence-electron chi connectivity index (χ0n) is 29.1. The number of rotatable bonds is 3. The molecule has 2 heteroatoms. The Kier molecular flexibility index (Phi) is 6.28. The van der Waals surface area contributed by atoms with Gasteiger partial charge in [0, 0.05) is 36.3 Å². The molecule has 0 bridgehead atoms. The summed E-state index contributed by atoms with van der Waals surface area (Å²) in [4.78, 5) is 0. The molecule has 0 aliphatic heterocycles. The van der Waals surface area contributed by atoms with Crippen molar-refractivity contribution < 1.29 is 4.42 Å². The van der Waals surface area contributed by atoms with E-state index in [-0.39, 0.29) is 0 Å². The summed E-state index contributed by atoms with van der Waals surface area (Å²) in [7, 11) is 0. The molecule has 0 aliphatic carbocycles. The highest BCUT2D eigenvalue weighted by Crippen LogP contribution is 2.48. The van der Waals surface area contributed by atoms with Crippen LogP contribution in [0.15, 0.2) is 186 Å². The van der Waals surface area contributed by atoms with Gasteiger partial charge in [0.25, 0.3) is 0 Å². The summed E-state index contributed by atoms with van der Waals surface area (Å²) in [6.45, 7) is 0. The molecular weight excluding hydrogens is 673 g/mol. The molecule has 0 saturated carbocycles. The normalized spacial score (nSPS) is 12.1. The van der Waals surface area contributed by atoms with Gasteiger partial charge in [-0.15, -0.1) is 11.3 Å². The van der Waals surface area contributed by atoms with Crippen molar-refractivity contribution in [1.29, 1.82) is 0 Å². The molecule has 0 radical (unpaired) electrons. The van der Waals surface area contributed by atoms with Crippen LogP contribution in [0.4, 0.5) is 0 Å². The van der Waals surface area contributed by atoms with E-state index >= 15 is 0 Å². The van der Waals surface area contributed by atoms with Crippen molar-refractivity contribution in [2.24, 2.45) is 0 Å². The molecule has 2 heterocycles. The molecule has 0 N–H and O–H groups in total. The van der Waals surface area contributed by atoms with Gasteiger partial charge in [-0.1, -0.05) is 152 Å². The van der Waals surface area contributed by atoms with Crippen LogP contribution in [-0.2, 0) is 0 Å². The molecule has 0 spiro atoms. The Morgan fingerprint density at radius 1 is 0.333 bits per heavy atom. The minimum absolute atomic E-state index is 0.937. The van der Waals surface area contributed by atoms with Gasteiger partial charge >= 0.3 is 0 Å². The lowest BCUT2D eigenvalue weighted by Gasteiger charge is -2.19. The summed E-state index contributed by atoms with van der Waals surface area (Å²) in [5.74, 6) is 0. The average molecular weight is 703 g/mol. The minimum Gasteiger partial charge on any atom is -0.455 e. The Balaban J connectivity index is 1.10. The third-order valence-corrected chi connectivity index (χ3v) is 12.6. The number of hydrogen-bond donors (Lipinski definition) is 0. The molecule has 12 rings (SSSR count). The predicted octanol–water partition coefficient (Wildman–Crippen LogP) is 15.6. The number of furan rings is 1. The molecule has 1 nitrogen and oxygen atoms in total. The van der Waals surface area contributed by atoms with Gasteiger partial charge in [-0.3, -0.25) is 0 Å². The van der Waals surface area contributed by atoms with Crippen LogP contribution in [0.3, 0.4) is 0 Å². The highest BCUT2D eigenvalue weighted by molar-refractivity contribution is 7.26. The first kappa shape index (κ1) is 29.8. The van der Waals surface area contributed by atoms with Gasteiger partial charge in [-0.05, 0) is 101 Å². The van der Waals surface area contributed by atoms with Gasteiger partial charge in [0.15, 0.2) is 0 Å². The van der Waals surface area contributed by atoms with Crippen LogP contribution in [0, 0.1) is 0 Å². The second-order valence-corrected chi connectivity index (χ2v) is 15.4. The van der Waals surface area contributed by atoms with Gasteiger partial charge < -0.3 is 4.42 Å². The maximum Gasteiger partial charge on any atom is 0.143 e. The largest absolute Gasteiger partial charge is 0.455 e. The first-order chi connectivity index (χ1) is 26.8. The number of hydrogen-bond acceptors (Lipinski definition) is 2. The fourth-order valence-corrected chi connectivity index (χ4v) is 10.2. The number of fused-ring (bicyclic) bond motifs is 12. The van der Waals surface area contributed by atoms with Crippen molar-refractivity contribution in [1.82, 2.24) is 0 Å². The van der Waals surface area contributed by atoms with Gasteiger partial charge in [0.2, 0.25) is 0 Å². The molecule has 54 heavy (non-hydrogen) atoms.